The number of nitrogens with zero attached hydrogens (tertiary/aromatic N) is 3. The Balaban J connectivity index is 1.60. The van der Waals surface area contributed by atoms with Gasteiger partial charge in [0.1, 0.15) is 18.2 Å². The first-order chi connectivity index (χ1) is 15.0. The Morgan fingerprint density at radius 3 is 2.53 bits per heavy atom. The number of carboxylic acid groups (broad SMARTS) is 1. The lowest BCUT2D eigenvalue weighted by Crippen LogP contribution is -2.57. The van der Waals surface area contributed by atoms with E-state index in [1.165, 1.54) is 6.20 Å². The Kier molecular flexibility index (Phi) is 7.51. The summed E-state index contributed by atoms with van der Waals surface area (Å²) >= 11 is 6.16. The number of piperazine rings is 1. The molecule has 6 nitrogen and oxygen atoms in total. The molecule has 1 fully saturated rings. The van der Waals surface area contributed by atoms with Crippen LogP contribution >= 0.6 is 11.6 Å². The van der Waals surface area contributed by atoms with Crippen molar-refractivity contribution in [1.29, 1.82) is 0 Å². The van der Waals surface area contributed by atoms with E-state index >= 15 is 0 Å². The van der Waals surface area contributed by atoms with Gasteiger partial charge in [-0.05, 0) is 43.7 Å². The van der Waals surface area contributed by atoms with Crippen LogP contribution in [-0.4, -0.2) is 59.3 Å². The number of aliphatic carboxylic acids is 1. The monoisotopic (exact) mass is 471 g/mol. The van der Waals surface area contributed by atoms with Gasteiger partial charge in [-0.15, -0.1) is 0 Å². The highest BCUT2D eigenvalue weighted by Crippen LogP contribution is 2.32. The number of hydrogen-bond donors (Lipinski definition) is 1. The molecule has 0 unspecified atom stereocenters. The number of alkyl halides is 3. The van der Waals surface area contributed by atoms with Crippen LogP contribution in [0.3, 0.4) is 0 Å². The van der Waals surface area contributed by atoms with Gasteiger partial charge in [0.15, 0.2) is 0 Å². The summed E-state index contributed by atoms with van der Waals surface area (Å²) in [6.45, 7) is 6.02. The molecule has 0 bridgehead atoms. The minimum atomic E-state index is -4.41. The van der Waals surface area contributed by atoms with Gasteiger partial charge in [0.2, 0.25) is 0 Å². The van der Waals surface area contributed by atoms with E-state index in [4.69, 9.17) is 21.4 Å². The van der Waals surface area contributed by atoms with Crippen molar-refractivity contribution in [1.82, 2.24) is 9.88 Å². The minimum Gasteiger partial charge on any atom is -0.491 e. The minimum absolute atomic E-state index is 0.0625. The van der Waals surface area contributed by atoms with Crippen molar-refractivity contribution in [2.45, 2.75) is 38.5 Å². The maximum Gasteiger partial charge on any atom is 0.416 e. The average molecular weight is 472 g/mol. The van der Waals surface area contributed by atoms with E-state index in [1.54, 1.807) is 18.2 Å². The fourth-order valence-corrected chi connectivity index (χ4v) is 4.13. The number of anilines is 1. The molecule has 2 atom stereocenters. The van der Waals surface area contributed by atoms with Gasteiger partial charge >= 0.3 is 12.1 Å². The summed E-state index contributed by atoms with van der Waals surface area (Å²) in [4.78, 5) is 19.1. The summed E-state index contributed by atoms with van der Waals surface area (Å²) in [5.41, 5.74) is -0.110. The lowest BCUT2D eigenvalue weighted by molar-refractivity contribution is -0.138. The first kappa shape index (κ1) is 24.1. The molecule has 1 aromatic carbocycles. The summed E-state index contributed by atoms with van der Waals surface area (Å²) in [6, 6.07) is 7.07. The fourth-order valence-electron chi connectivity index (χ4n) is 3.96. The van der Waals surface area contributed by atoms with Gasteiger partial charge in [0, 0.05) is 37.9 Å². The molecule has 3 rings (SSSR count). The van der Waals surface area contributed by atoms with Crippen LogP contribution in [0.1, 0.15) is 25.0 Å². The van der Waals surface area contributed by atoms with Gasteiger partial charge in [-0.1, -0.05) is 17.7 Å². The van der Waals surface area contributed by atoms with E-state index in [0.29, 0.717) is 48.4 Å². The van der Waals surface area contributed by atoms with Crippen LogP contribution in [0.2, 0.25) is 5.02 Å². The van der Waals surface area contributed by atoms with E-state index in [-0.39, 0.29) is 18.5 Å². The van der Waals surface area contributed by atoms with E-state index in [0.717, 1.165) is 12.1 Å². The van der Waals surface area contributed by atoms with Crippen LogP contribution in [0.5, 0.6) is 5.75 Å². The van der Waals surface area contributed by atoms with Crippen LogP contribution in [0.15, 0.2) is 36.5 Å². The Morgan fingerprint density at radius 2 is 1.91 bits per heavy atom. The average Bonchev–Trinajstić information content (AvgIpc) is 2.71. The second-order valence-corrected chi connectivity index (χ2v) is 8.33. The summed E-state index contributed by atoms with van der Waals surface area (Å²) < 4.78 is 44.9. The molecule has 0 radical (unpaired) electrons. The molecule has 1 aromatic heterocycles. The van der Waals surface area contributed by atoms with Crippen LogP contribution in [0, 0.1) is 0 Å². The number of aromatic nitrogens is 1. The van der Waals surface area contributed by atoms with E-state index in [9.17, 15) is 18.0 Å². The lowest BCUT2D eigenvalue weighted by atomic mass is 10.1. The van der Waals surface area contributed by atoms with Crippen molar-refractivity contribution in [2.24, 2.45) is 0 Å². The molecule has 0 spiro atoms. The van der Waals surface area contributed by atoms with E-state index in [1.807, 2.05) is 18.7 Å². The molecule has 2 heterocycles. The number of halogens is 4. The van der Waals surface area contributed by atoms with Gasteiger partial charge in [0.05, 0.1) is 17.0 Å². The second-order valence-electron chi connectivity index (χ2n) is 7.93. The zero-order valence-corrected chi connectivity index (χ0v) is 18.5. The molecule has 2 aromatic rings. The molecular weight excluding hydrogens is 447 g/mol. The van der Waals surface area contributed by atoms with Gasteiger partial charge in [-0.3, -0.25) is 9.69 Å². The maximum atomic E-state index is 13.0. The molecule has 174 valence electrons. The number of rotatable bonds is 7. The lowest BCUT2D eigenvalue weighted by Gasteiger charge is -2.45. The van der Waals surface area contributed by atoms with Gasteiger partial charge in [-0.25, -0.2) is 4.98 Å². The smallest absolute Gasteiger partial charge is 0.416 e. The number of ether oxygens (including phenoxy) is 1. The molecule has 10 heteroatoms. The van der Waals surface area contributed by atoms with Crippen LogP contribution in [0.4, 0.5) is 19.0 Å². The highest BCUT2D eigenvalue weighted by atomic mass is 35.5. The normalized spacial score (nSPS) is 19.8. The topological polar surface area (TPSA) is 65.9 Å². The number of pyridine rings is 1. The third-order valence-electron chi connectivity index (χ3n) is 5.46. The molecule has 1 N–H and O–H groups in total. The van der Waals surface area contributed by atoms with Crippen LogP contribution in [0.25, 0.3) is 0 Å². The molecule has 0 saturated carbocycles. The van der Waals surface area contributed by atoms with E-state index in [2.05, 4.69) is 9.88 Å². The van der Waals surface area contributed by atoms with Crippen LogP contribution in [-0.2, 0) is 17.4 Å². The Labute approximate surface area is 189 Å². The van der Waals surface area contributed by atoms with Crippen molar-refractivity contribution in [3.63, 3.8) is 0 Å². The third-order valence-corrected chi connectivity index (χ3v) is 5.77. The molecule has 32 heavy (non-hydrogen) atoms. The first-order valence-corrected chi connectivity index (χ1v) is 10.6. The van der Waals surface area contributed by atoms with Crippen molar-refractivity contribution < 1.29 is 27.8 Å². The molecule has 0 aliphatic carbocycles. The molecule has 1 aliphatic rings. The summed E-state index contributed by atoms with van der Waals surface area (Å²) in [6.07, 6.45) is -3.33. The van der Waals surface area contributed by atoms with Crippen molar-refractivity contribution in [3.8, 4) is 5.75 Å². The third kappa shape index (κ3) is 6.04. The van der Waals surface area contributed by atoms with Crippen LogP contribution < -0.4 is 9.64 Å². The standard InChI is InChI=1S/C22H25ClF3N3O3/c1-14-12-28(20-11-17(5-6-27-20)22(24,25)26)13-15(2)29(14)7-8-32-19-9-16(10-21(30)31)3-4-18(19)23/h3-6,9,11,14-15H,7-8,10,12-13H2,1-2H3,(H,30,31)/t14-,15+. The highest BCUT2D eigenvalue weighted by Gasteiger charge is 2.33. The maximum absolute atomic E-state index is 13.0. The zero-order chi connectivity index (χ0) is 23.5. The molecule has 1 saturated heterocycles. The van der Waals surface area contributed by atoms with Gasteiger partial charge in [0.25, 0.3) is 0 Å². The number of carboxylic acids is 1. The van der Waals surface area contributed by atoms with Crippen molar-refractivity contribution in [3.05, 3.63) is 52.7 Å². The quantitative estimate of drug-likeness (QED) is 0.647. The van der Waals surface area contributed by atoms with Crippen molar-refractivity contribution >= 4 is 23.4 Å². The van der Waals surface area contributed by atoms with Gasteiger partial charge < -0.3 is 14.7 Å². The first-order valence-electron chi connectivity index (χ1n) is 10.2. The Morgan fingerprint density at radius 1 is 1.22 bits per heavy atom. The number of carbonyl (C=O) groups is 1. The highest BCUT2D eigenvalue weighted by molar-refractivity contribution is 6.32. The number of benzene rings is 1. The summed E-state index contributed by atoms with van der Waals surface area (Å²) in [5, 5.41) is 9.35. The SMILES string of the molecule is C[C@@H]1CN(c2cc(C(F)(F)F)ccn2)C[C@H](C)N1CCOc1cc(CC(=O)O)ccc1Cl. The van der Waals surface area contributed by atoms with Gasteiger partial charge in [-0.2, -0.15) is 13.2 Å². The zero-order valence-electron chi connectivity index (χ0n) is 17.8. The predicted octanol–water partition coefficient (Wildman–Crippen LogP) is 4.36. The van der Waals surface area contributed by atoms with E-state index < -0.39 is 17.7 Å². The molecule has 1 aliphatic heterocycles. The number of hydrogen-bond acceptors (Lipinski definition) is 5. The predicted molar refractivity (Wildman–Crippen MR) is 115 cm³/mol. The molecule has 0 amide bonds. The Hall–Kier alpha value is -2.52. The molecular formula is C22H25ClF3N3O3. The Bertz CT molecular complexity index is 946. The largest absolute Gasteiger partial charge is 0.491 e. The second kappa shape index (κ2) is 9.95. The van der Waals surface area contributed by atoms with Crippen molar-refractivity contribution in [2.75, 3.05) is 31.1 Å². The summed E-state index contributed by atoms with van der Waals surface area (Å²) in [7, 11) is 0. The summed E-state index contributed by atoms with van der Waals surface area (Å²) in [5.74, 6) is -0.192. The fraction of sp³-hybridized carbons (Fsp3) is 0.455.